The van der Waals surface area contributed by atoms with Gasteiger partial charge in [-0.25, -0.2) is 4.98 Å². The van der Waals surface area contributed by atoms with Crippen LogP contribution in [0, 0.1) is 0 Å². The van der Waals surface area contributed by atoms with E-state index in [9.17, 15) is 4.79 Å². The van der Waals surface area contributed by atoms with Crippen LogP contribution in [0.1, 0.15) is 10.4 Å². The highest BCUT2D eigenvalue weighted by Crippen LogP contribution is 2.30. The number of methoxy groups -OCH3 is 1. The standard InChI is InChI=1S/C26H19N3O2S2/c1-31-22-15-18-7-3-2-6-17(18)14-20(22)24(30)29-26(32)27-19-12-10-16(11-13-19)25-28-21-8-4-5-9-23(21)33-25/h2-15H,1H3,(H2,27,29,30,32). The third-order valence-electron chi connectivity index (χ3n) is 5.22. The molecule has 0 saturated carbocycles. The lowest BCUT2D eigenvalue weighted by molar-refractivity contribution is 0.0975. The topological polar surface area (TPSA) is 63.2 Å². The number of hydrogen-bond acceptors (Lipinski definition) is 5. The molecule has 0 atom stereocenters. The number of fused-ring (bicyclic) bond motifs is 2. The van der Waals surface area contributed by atoms with E-state index in [1.54, 1.807) is 24.5 Å². The van der Waals surface area contributed by atoms with E-state index < -0.39 is 0 Å². The minimum atomic E-state index is -0.332. The number of carbonyl (C=O) groups is 1. The Morgan fingerprint density at radius 2 is 1.64 bits per heavy atom. The Morgan fingerprint density at radius 3 is 2.36 bits per heavy atom. The highest BCUT2D eigenvalue weighted by molar-refractivity contribution is 7.80. The number of thiocarbonyl (C=S) groups is 1. The molecule has 0 aliphatic carbocycles. The molecular weight excluding hydrogens is 450 g/mol. The van der Waals surface area contributed by atoms with Crippen molar-refractivity contribution in [2.75, 3.05) is 12.4 Å². The molecule has 0 fully saturated rings. The predicted octanol–water partition coefficient (Wildman–Crippen LogP) is 6.25. The van der Waals surface area contributed by atoms with Gasteiger partial charge in [0.05, 0.1) is 22.9 Å². The maximum atomic E-state index is 12.9. The Labute approximate surface area is 200 Å². The highest BCUT2D eigenvalue weighted by Gasteiger charge is 2.15. The summed E-state index contributed by atoms with van der Waals surface area (Å²) >= 11 is 7.02. The van der Waals surface area contributed by atoms with Crippen molar-refractivity contribution >= 4 is 61.3 Å². The zero-order valence-corrected chi connectivity index (χ0v) is 19.3. The van der Waals surface area contributed by atoms with Gasteiger partial charge in [0, 0.05) is 11.3 Å². The van der Waals surface area contributed by atoms with E-state index in [1.807, 2.05) is 72.8 Å². The average molecular weight is 470 g/mol. The van der Waals surface area contributed by atoms with Gasteiger partial charge in [-0.1, -0.05) is 36.4 Å². The first kappa shape index (κ1) is 21.1. The molecule has 0 unspecified atom stereocenters. The minimum absolute atomic E-state index is 0.211. The number of amides is 1. The van der Waals surface area contributed by atoms with Crippen LogP contribution in [0.4, 0.5) is 5.69 Å². The summed E-state index contributed by atoms with van der Waals surface area (Å²) in [5.74, 6) is 0.162. The first-order chi connectivity index (χ1) is 16.1. The largest absolute Gasteiger partial charge is 0.496 e. The van der Waals surface area contributed by atoms with E-state index in [2.05, 4.69) is 21.7 Å². The number of nitrogens with zero attached hydrogens (tertiary/aromatic N) is 1. The summed E-state index contributed by atoms with van der Waals surface area (Å²) < 4.78 is 6.58. The van der Waals surface area contributed by atoms with Gasteiger partial charge < -0.3 is 10.1 Å². The maximum Gasteiger partial charge on any atom is 0.261 e. The fourth-order valence-electron chi connectivity index (χ4n) is 3.59. The molecule has 7 heteroatoms. The van der Waals surface area contributed by atoms with Crippen LogP contribution in [-0.4, -0.2) is 23.1 Å². The monoisotopic (exact) mass is 469 g/mol. The molecule has 0 aliphatic rings. The summed E-state index contributed by atoms with van der Waals surface area (Å²) in [7, 11) is 1.55. The van der Waals surface area contributed by atoms with Crippen LogP contribution < -0.4 is 15.4 Å². The fraction of sp³-hybridized carbons (Fsp3) is 0.0385. The van der Waals surface area contributed by atoms with Gasteiger partial charge in [0.25, 0.3) is 5.91 Å². The smallest absolute Gasteiger partial charge is 0.261 e. The molecule has 5 aromatic rings. The summed E-state index contributed by atoms with van der Waals surface area (Å²) in [6.45, 7) is 0. The zero-order valence-electron chi connectivity index (χ0n) is 17.7. The van der Waals surface area contributed by atoms with Crippen molar-refractivity contribution in [3.8, 4) is 16.3 Å². The van der Waals surface area contributed by atoms with Crippen LogP contribution in [0.2, 0.25) is 0 Å². The quantitative estimate of drug-likeness (QED) is 0.305. The van der Waals surface area contributed by atoms with Gasteiger partial charge in [-0.3, -0.25) is 10.1 Å². The Kier molecular flexibility index (Phi) is 5.73. The van der Waals surface area contributed by atoms with Crippen LogP contribution in [0.15, 0.2) is 84.9 Å². The van der Waals surface area contributed by atoms with Crippen molar-refractivity contribution in [1.82, 2.24) is 10.3 Å². The lowest BCUT2D eigenvalue weighted by Gasteiger charge is -2.13. The van der Waals surface area contributed by atoms with Gasteiger partial charge in [-0.05, 0) is 71.5 Å². The number of aromatic nitrogens is 1. The molecule has 1 amide bonds. The fourth-order valence-corrected chi connectivity index (χ4v) is 4.77. The number of thiazole rings is 1. The average Bonchev–Trinajstić information content (AvgIpc) is 3.28. The van der Waals surface area contributed by atoms with Crippen LogP contribution in [0.5, 0.6) is 5.75 Å². The Bertz CT molecular complexity index is 1460. The molecule has 0 radical (unpaired) electrons. The minimum Gasteiger partial charge on any atom is -0.496 e. The zero-order chi connectivity index (χ0) is 22.8. The Morgan fingerprint density at radius 1 is 0.939 bits per heavy atom. The molecule has 0 saturated heterocycles. The van der Waals surface area contributed by atoms with Crippen molar-refractivity contribution < 1.29 is 9.53 Å². The first-order valence-electron chi connectivity index (χ1n) is 10.3. The molecule has 4 aromatic carbocycles. The SMILES string of the molecule is COc1cc2ccccc2cc1C(=O)NC(=S)Nc1ccc(-c2nc3ccccc3s2)cc1. The second-order valence-electron chi connectivity index (χ2n) is 7.37. The third-order valence-corrected chi connectivity index (χ3v) is 6.51. The van der Waals surface area contributed by atoms with E-state index in [0.29, 0.717) is 11.3 Å². The maximum absolute atomic E-state index is 12.9. The molecule has 2 N–H and O–H groups in total. The van der Waals surface area contributed by atoms with Gasteiger partial charge >= 0.3 is 0 Å². The molecular formula is C26H19N3O2S2. The summed E-state index contributed by atoms with van der Waals surface area (Å²) in [6.07, 6.45) is 0. The number of ether oxygens (including phenoxy) is 1. The number of rotatable bonds is 4. The number of benzene rings is 4. The van der Waals surface area contributed by atoms with Crippen molar-refractivity contribution in [2.45, 2.75) is 0 Å². The Hall–Kier alpha value is -3.81. The van der Waals surface area contributed by atoms with E-state index in [1.165, 1.54) is 0 Å². The number of hydrogen-bond donors (Lipinski definition) is 2. The van der Waals surface area contributed by atoms with Crippen LogP contribution in [-0.2, 0) is 0 Å². The predicted molar refractivity (Wildman–Crippen MR) is 139 cm³/mol. The normalized spacial score (nSPS) is 10.8. The van der Waals surface area contributed by atoms with Gasteiger partial charge in [-0.2, -0.15) is 0 Å². The van der Waals surface area contributed by atoms with Crippen LogP contribution in [0.3, 0.4) is 0 Å². The molecule has 33 heavy (non-hydrogen) atoms. The van der Waals surface area contributed by atoms with Crippen molar-refractivity contribution in [3.63, 3.8) is 0 Å². The molecule has 1 heterocycles. The van der Waals surface area contributed by atoms with Gasteiger partial charge in [0.15, 0.2) is 5.11 Å². The number of anilines is 1. The summed E-state index contributed by atoms with van der Waals surface area (Å²) in [6, 6.07) is 27.3. The van der Waals surface area contributed by atoms with Crippen LogP contribution >= 0.6 is 23.6 Å². The molecule has 162 valence electrons. The van der Waals surface area contributed by atoms with Crippen molar-refractivity contribution in [3.05, 3.63) is 90.5 Å². The summed E-state index contributed by atoms with van der Waals surface area (Å²) in [5.41, 5.74) is 3.22. The van der Waals surface area contributed by atoms with Gasteiger partial charge in [0.1, 0.15) is 10.8 Å². The van der Waals surface area contributed by atoms with E-state index in [0.717, 1.165) is 37.2 Å². The van der Waals surface area contributed by atoms with Crippen molar-refractivity contribution in [1.29, 1.82) is 0 Å². The summed E-state index contributed by atoms with van der Waals surface area (Å²) in [5, 5.41) is 8.93. The Balaban J connectivity index is 1.29. The lowest BCUT2D eigenvalue weighted by Crippen LogP contribution is -2.34. The van der Waals surface area contributed by atoms with Crippen LogP contribution in [0.25, 0.3) is 31.6 Å². The first-order valence-corrected chi connectivity index (χ1v) is 11.5. The van der Waals surface area contributed by atoms with Crippen molar-refractivity contribution in [2.24, 2.45) is 0 Å². The van der Waals surface area contributed by atoms with Gasteiger partial charge in [-0.15, -0.1) is 11.3 Å². The molecule has 5 rings (SSSR count). The number of para-hydroxylation sites is 1. The molecule has 0 bridgehead atoms. The summed E-state index contributed by atoms with van der Waals surface area (Å²) in [4.78, 5) is 17.6. The second-order valence-corrected chi connectivity index (χ2v) is 8.81. The van der Waals surface area contributed by atoms with Gasteiger partial charge in [0.2, 0.25) is 0 Å². The van der Waals surface area contributed by atoms with E-state index >= 15 is 0 Å². The number of nitrogens with one attached hydrogen (secondary N) is 2. The molecule has 5 nitrogen and oxygen atoms in total. The molecule has 1 aromatic heterocycles. The van der Waals surface area contributed by atoms with E-state index in [-0.39, 0.29) is 11.0 Å². The second kappa shape index (κ2) is 8.97. The highest BCUT2D eigenvalue weighted by atomic mass is 32.1. The molecule has 0 spiro atoms. The lowest BCUT2D eigenvalue weighted by atomic mass is 10.1. The molecule has 0 aliphatic heterocycles. The van der Waals surface area contributed by atoms with E-state index in [4.69, 9.17) is 17.0 Å². The number of carbonyl (C=O) groups excluding carboxylic acids is 1. The third kappa shape index (κ3) is 4.41.